The number of carbonyl (C=O) groups is 1. The molecule has 1 saturated heterocycles. The Labute approximate surface area is 157 Å². The molecule has 1 unspecified atom stereocenters. The lowest BCUT2D eigenvalue weighted by Crippen LogP contribution is -2.41. The fraction of sp³-hybridized carbons (Fsp3) is 0.435. The molecule has 1 N–H and O–H groups in total. The van der Waals surface area contributed by atoms with Gasteiger partial charge in [-0.15, -0.1) is 0 Å². The molecule has 1 aliphatic rings. The fourth-order valence-corrected chi connectivity index (χ4v) is 3.83. The minimum atomic E-state index is 0.0600. The van der Waals surface area contributed by atoms with Crippen molar-refractivity contribution in [2.75, 3.05) is 13.1 Å². The third-order valence-corrected chi connectivity index (χ3v) is 5.47. The highest BCUT2D eigenvalue weighted by atomic mass is 16.1. The minimum Gasteiger partial charge on any atom is -0.349 e. The average molecular weight is 351 g/mol. The smallest absolute Gasteiger partial charge is 0.223 e. The van der Waals surface area contributed by atoms with E-state index in [4.69, 9.17) is 0 Å². The van der Waals surface area contributed by atoms with E-state index in [2.05, 4.69) is 79.5 Å². The van der Waals surface area contributed by atoms with E-state index in [0.717, 1.165) is 32.5 Å². The Morgan fingerprint density at radius 3 is 2.50 bits per heavy atom. The van der Waals surface area contributed by atoms with Crippen LogP contribution in [0.1, 0.15) is 48.1 Å². The van der Waals surface area contributed by atoms with Gasteiger partial charge in [-0.25, -0.2) is 0 Å². The van der Waals surface area contributed by atoms with Crippen LogP contribution in [0.3, 0.4) is 0 Å². The molecular formula is C23H30N2O. The molecule has 1 amide bonds. The second kappa shape index (κ2) is 8.50. The maximum Gasteiger partial charge on any atom is 0.223 e. The van der Waals surface area contributed by atoms with E-state index in [1.165, 1.54) is 22.3 Å². The van der Waals surface area contributed by atoms with Crippen molar-refractivity contribution in [3.8, 4) is 0 Å². The van der Waals surface area contributed by atoms with Crippen LogP contribution in [-0.4, -0.2) is 23.9 Å². The van der Waals surface area contributed by atoms with Gasteiger partial charge in [-0.05, 0) is 63.4 Å². The molecular weight excluding hydrogens is 320 g/mol. The van der Waals surface area contributed by atoms with Gasteiger partial charge in [0.25, 0.3) is 0 Å². The molecule has 0 aliphatic carbocycles. The normalized spacial score (nSPS) is 17.0. The Hall–Kier alpha value is -2.13. The minimum absolute atomic E-state index is 0.0600. The van der Waals surface area contributed by atoms with Crippen molar-refractivity contribution in [1.29, 1.82) is 0 Å². The standard InChI is InChI=1S/C23H30N2O/c1-17-9-10-18(2)22(15-17)19(3)24-23(26)21-11-13-25(14-12-21)16-20-7-5-4-6-8-20/h4-10,15,19,21H,11-14,16H2,1-3H3,(H,24,26). The van der Waals surface area contributed by atoms with Crippen LogP contribution in [0.25, 0.3) is 0 Å². The first kappa shape index (κ1) is 18.7. The number of nitrogens with one attached hydrogen (secondary N) is 1. The Morgan fingerprint density at radius 1 is 1.12 bits per heavy atom. The van der Waals surface area contributed by atoms with E-state index in [1.54, 1.807) is 0 Å². The molecule has 3 rings (SSSR count). The van der Waals surface area contributed by atoms with Gasteiger partial charge < -0.3 is 5.32 Å². The highest BCUT2D eigenvalue weighted by Gasteiger charge is 2.26. The summed E-state index contributed by atoms with van der Waals surface area (Å²) in [5.74, 6) is 0.340. The fourth-order valence-electron chi connectivity index (χ4n) is 3.83. The Balaban J connectivity index is 1.51. The Morgan fingerprint density at radius 2 is 1.81 bits per heavy atom. The zero-order chi connectivity index (χ0) is 18.5. The number of benzene rings is 2. The second-order valence-electron chi connectivity index (χ2n) is 7.63. The molecule has 2 aromatic carbocycles. The van der Waals surface area contributed by atoms with Crippen molar-refractivity contribution < 1.29 is 4.79 Å². The van der Waals surface area contributed by atoms with E-state index < -0.39 is 0 Å². The number of amides is 1. The summed E-state index contributed by atoms with van der Waals surface area (Å²) in [7, 11) is 0. The SMILES string of the molecule is Cc1ccc(C)c(C(C)NC(=O)C2CCN(Cc3ccccc3)CC2)c1. The average Bonchev–Trinajstić information content (AvgIpc) is 2.65. The van der Waals surface area contributed by atoms with E-state index in [1.807, 2.05) is 0 Å². The van der Waals surface area contributed by atoms with Crippen molar-refractivity contribution >= 4 is 5.91 Å². The number of aryl methyl sites for hydroxylation is 2. The quantitative estimate of drug-likeness (QED) is 0.867. The Bertz CT molecular complexity index is 733. The first-order valence-electron chi connectivity index (χ1n) is 9.66. The first-order valence-corrected chi connectivity index (χ1v) is 9.66. The Kier molecular flexibility index (Phi) is 6.10. The maximum atomic E-state index is 12.7. The molecule has 3 nitrogen and oxygen atoms in total. The molecule has 1 fully saturated rings. The van der Waals surface area contributed by atoms with E-state index in [-0.39, 0.29) is 17.9 Å². The van der Waals surface area contributed by atoms with Crippen LogP contribution in [0, 0.1) is 19.8 Å². The summed E-state index contributed by atoms with van der Waals surface area (Å²) in [6.45, 7) is 9.26. The van der Waals surface area contributed by atoms with E-state index >= 15 is 0 Å². The zero-order valence-electron chi connectivity index (χ0n) is 16.2. The van der Waals surface area contributed by atoms with Crippen molar-refractivity contribution in [1.82, 2.24) is 10.2 Å². The van der Waals surface area contributed by atoms with Crippen molar-refractivity contribution in [2.24, 2.45) is 5.92 Å². The summed E-state index contributed by atoms with van der Waals surface area (Å²) in [5, 5.41) is 3.24. The largest absolute Gasteiger partial charge is 0.349 e. The highest BCUT2D eigenvalue weighted by Crippen LogP contribution is 2.23. The van der Waals surface area contributed by atoms with Gasteiger partial charge in [-0.1, -0.05) is 54.1 Å². The second-order valence-corrected chi connectivity index (χ2v) is 7.63. The van der Waals surface area contributed by atoms with E-state index in [9.17, 15) is 4.79 Å². The lowest BCUT2D eigenvalue weighted by Gasteiger charge is -2.32. The summed E-state index contributed by atoms with van der Waals surface area (Å²) in [6, 6.07) is 17.1. The van der Waals surface area contributed by atoms with Crippen LogP contribution in [0.2, 0.25) is 0 Å². The number of carbonyl (C=O) groups excluding carboxylic acids is 1. The van der Waals surface area contributed by atoms with Crippen LogP contribution < -0.4 is 5.32 Å². The third-order valence-electron chi connectivity index (χ3n) is 5.47. The van der Waals surface area contributed by atoms with Crippen molar-refractivity contribution in [3.63, 3.8) is 0 Å². The molecule has 2 aromatic rings. The molecule has 0 spiro atoms. The number of nitrogens with zero attached hydrogens (tertiary/aromatic N) is 1. The van der Waals surface area contributed by atoms with Crippen LogP contribution in [0.5, 0.6) is 0 Å². The highest BCUT2D eigenvalue weighted by molar-refractivity contribution is 5.79. The molecule has 26 heavy (non-hydrogen) atoms. The van der Waals surface area contributed by atoms with Crippen molar-refractivity contribution in [3.05, 3.63) is 70.8 Å². The number of hydrogen-bond acceptors (Lipinski definition) is 2. The summed E-state index contributed by atoms with van der Waals surface area (Å²) in [4.78, 5) is 15.2. The predicted octanol–water partition coefficient (Wildman–Crippen LogP) is 4.39. The van der Waals surface area contributed by atoms with Gasteiger partial charge >= 0.3 is 0 Å². The molecule has 0 radical (unpaired) electrons. The maximum absolute atomic E-state index is 12.7. The number of likely N-dealkylation sites (tertiary alicyclic amines) is 1. The molecule has 0 aromatic heterocycles. The number of piperidine rings is 1. The first-order chi connectivity index (χ1) is 12.5. The van der Waals surface area contributed by atoms with Gasteiger partial charge in [0.05, 0.1) is 6.04 Å². The van der Waals surface area contributed by atoms with Gasteiger partial charge in [-0.3, -0.25) is 9.69 Å². The van der Waals surface area contributed by atoms with Gasteiger partial charge in [0, 0.05) is 12.5 Å². The molecule has 0 saturated carbocycles. The number of hydrogen-bond donors (Lipinski definition) is 1. The molecule has 138 valence electrons. The summed E-state index contributed by atoms with van der Waals surface area (Å²) >= 11 is 0. The molecule has 1 aliphatic heterocycles. The topological polar surface area (TPSA) is 32.3 Å². The van der Waals surface area contributed by atoms with Gasteiger partial charge in [-0.2, -0.15) is 0 Å². The lowest BCUT2D eigenvalue weighted by atomic mass is 9.94. The van der Waals surface area contributed by atoms with Crippen LogP contribution in [0.15, 0.2) is 48.5 Å². The van der Waals surface area contributed by atoms with Gasteiger partial charge in [0.1, 0.15) is 0 Å². The predicted molar refractivity (Wildman–Crippen MR) is 107 cm³/mol. The van der Waals surface area contributed by atoms with Gasteiger partial charge in [0.2, 0.25) is 5.91 Å². The molecule has 0 bridgehead atoms. The van der Waals surface area contributed by atoms with Crippen molar-refractivity contribution in [2.45, 2.75) is 46.2 Å². The van der Waals surface area contributed by atoms with Crippen LogP contribution >= 0.6 is 0 Å². The zero-order valence-corrected chi connectivity index (χ0v) is 16.2. The number of rotatable bonds is 5. The van der Waals surface area contributed by atoms with Crippen LogP contribution in [0.4, 0.5) is 0 Å². The van der Waals surface area contributed by atoms with Crippen LogP contribution in [-0.2, 0) is 11.3 Å². The lowest BCUT2D eigenvalue weighted by molar-refractivity contribution is -0.127. The molecule has 1 heterocycles. The third kappa shape index (κ3) is 4.73. The monoisotopic (exact) mass is 350 g/mol. The summed E-state index contributed by atoms with van der Waals surface area (Å²) < 4.78 is 0. The summed E-state index contributed by atoms with van der Waals surface area (Å²) in [5.41, 5.74) is 5.04. The molecule has 3 heteroatoms. The van der Waals surface area contributed by atoms with E-state index in [0.29, 0.717) is 0 Å². The van der Waals surface area contributed by atoms with Gasteiger partial charge in [0.15, 0.2) is 0 Å². The summed E-state index contributed by atoms with van der Waals surface area (Å²) in [6.07, 6.45) is 1.89. The molecule has 1 atom stereocenters.